The molecule has 0 saturated heterocycles. The fourth-order valence-corrected chi connectivity index (χ4v) is 4.46. The van der Waals surface area contributed by atoms with Crippen molar-refractivity contribution in [3.8, 4) is 11.1 Å². The molecule has 6 heteroatoms. The SMILES string of the molecule is CC(=O)Nc1cccc(-c2ccc3c(c2)[C@H](Nc2ccccc2N)C[C@H](C)N3C(C)=O)c1. The number of hydrogen-bond acceptors (Lipinski definition) is 4. The summed E-state index contributed by atoms with van der Waals surface area (Å²) in [5, 5.41) is 6.43. The number of nitrogens with one attached hydrogen (secondary N) is 2. The Balaban J connectivity index is 1.77. The fraction of sp³-hybridized carbons (Fsp3) is 0.231. The lowest BCUT2D eigenvalue weighted by Crippen LogP contribution is -2.43. The van der Waals surface area contributed by atoms with Gasteiger partial charge < -0.3 is 21.3 Å². The van der Waals surface area contributed by atoms with Gasteiger partial charge in [0.1, 0.15) is 0 Å². The second-order valence-corrected chi connectivity index (χ2v) is 8.29. The van der Waals surface area contributed by atoms with Gasteiger partial charge in [-0.05, 0) is 66.4 Å². The summed E-state index contributed by atoms with van der Waals surface area (Å²) in [6, 6.07) is 21.7. The predicted octanol–water partition coefficient (Wildman–Crippen LogP) is 5.19. The van der Waals surface area contributed by atoms with Crippen LogP contribution in [-0.2, 0) is 9.59 Å². The van der Waals surface area contributed by atoms with E-state index in [0.717, 1.165) is 40.2 Å². The molecule has 32 heavy (non-hydrogen) atoms. The molecular formula is C26H28N4O2. The lowest BCUT2D eigenvalue weighted by molar-refractivity contribution is -0.117. The predicted molar refractivity (Wildman–Crippen MR) is 131 cm³/mol. The number of carbonyl (C=O) groups is 2. The van der Waals surface area contributed by atoms with Crippen LogP contribution in [-0.4, -0.2) is 17.9 Å². The summed E-state index contributed by atoms with van der Waals surface area (Å²) in [6.45, 7) is 5.17. The monoisotopic (exact) mass is 428 g/mol. The van der Waals surface area contributed by atoms with Gasteiger partial charge in [-0.15, -0.1) is 0 Å². The van der Waals surface area contributed by atoms with Crippen molar-refractivity contribution in [3.63, 3.8) is 0 Å². The van der Waals surface area contributed by atoms with E-state index in [1.165, 1.54) is 6.92 Å². The largest absolute Gasteiger partial charge is 0.397 e. The van der Waals surface area contributed by atoms with Crippen LogP contribution in [0.4, 0.5) is 22.7 Å². The van der Waals surface area contributed by atoms with Crippen molar-refractivity contribution in [2.45, 2.75) is 39.3 Å². The van der Waals surface area contributed by atoms with Gasteiger partial charge in [-0.1, -0.05) is 30.3 Å². The Bertz CT molecular complexity index is 1170. The summed E-state index contributed by atoms with van der Waals surface area (Å²) < 4.78 is 0. The third kappa shape index (κ3) is 4.30. The fourth-order valence-electron chi connectivity index (χ4n) is 4.46. The Morgan fingerprint density at radius 1 is 0.969 bits per heavy atom. The molecule has 3 aromatic carbocycles. The third-order valence-corrected chi connectivity index (χ3v) is 5.83. The molecule has 0 spiro atoms. The van der Waals surface area contributed by atoms with E-state index < -0.39 is 0 Å². The number of benzene rings is 3. The van der Waals surface area contributed by atoms with E-state index in [9.17, 15) is 9.59 Å². The van der Waals surface area contributed by atoms with E-state index in [4.69, 9.17) is 5.73 Å². The molecular weight excluding hydrogens is 400 g/mol. The lowest BCUT2D eigenvalue weighted by atomic mass is 9.88. The highest BCUT2D eigenvalue weighted by Gasteiger charge is 2.32. The molecule has 0 saturated carbocycles. The summed E-state index contributed by atoms with van der Waals surface area (Å²) in [4.78, 5) is 25.8. The van der Waals surface area contributed by atoms with Crippen LogP contribution in [0, 0.1) is 0 Å². The first-order valence-electron chi connectivity index (χ1n) is 10.8. The van der Waals surface area contributed by atoms with E-state index in [-0.39, 0.29) is 23.9 Å². The number of carbonyl (C=O) groups excluding carboxylic acids is 2. The third-order valence-electron chi connectivity index (χ3n) is 5.83. The minimum Gasteiger partial charge on any atom is -0.397 e. The Labute approximate surface area is 188 Å². The molecule has 164 valence electrons. The maximum atomic E-state index is 12.4. The molecule has 2 atom stereocenters. The van der Waals surface area contributed by atoms with Gasteiger partial charge in [0.15, 0.2) is 0 Å². The summed E-state index contributed by atoms with van der Waals surface area (Å²) in [5.41, 5.74) is 12.5. The van der Waals surface area contributed by atoms with Crippen LogP contribution in [0.1, 0.15) is 38.8 Å². The number of fused-ring (bicyclic) bond motifs is 1. The maximum Gasteiger partial charge on any atom is 0.224 e. The molecule has 4 rings (SSSR count). The molecule has 6 nitrogen and oxygen atoms in total. The first kappa shape index (κ1) is 21.4. The number of nitrogen functional groups attached to an aromatic ring is 1. The van der Waals surface area contributed by atoms with Gasteiger partial charge in [-0.2, -0.15) is 0 Å². The van der Waals surface area contributed by atoms with Gasteiger partial charge in [0.25, 0.3) is 0 Å². The number of hydrogen-bond donors (Lipinski definition) is 3. The van der Waals surface area contributed by atoms with Crippen molar-refractivity contribution in [2.75, 3.05) is 21.3 Å². The zero-order valence-electron chi connectivity index (χ0n) is 18.6. The second-order valence-electron chi connectivity index (χ2n) is 8.29. The highest BCUT2D eigenvalue weighted by molar-refractivity contribution is 5.94. The normalized spacial score (nSPS) is 17.4. The molecule has 0 aromatic heterocycles. The molecule has 3 aromatic rings. The van der Waals surface area contributed by atoms with E-state index in [1.54, 1.807) is 6.92 Å². The van der Waals surface area contributed by atoms with Gasteiger partial charge in [0.2, 0.25) is 11.8 Å². The van der Waals surface area contributed by atoms with Crippen LogP contribution in [0.3, 0.4) is 0 Å². The second kappa shape index (κ2) is 8.75. The molecule has 2 amide bonds. The minimum absolute atomic E-state index is 0.00113. The van der Waals surface area contributed by atoms with Crippen molar-refractivity contribution in [3.05, 3.63) is 72.3 Å². The first-order valence-corrected chi connectivity index (χ1v) is 10.8. The molecule has 1 aliphatic rings. The maximum absolute atomic E-state index is 12.4. The first-order chi connectivity index (χ1) is 15.3. The highest BCUT2D eigenvalue weighted by atomic mass is 16.2. The van der Waals surface area contributed by atoms with Crippen molar-refractivity contribution in [2.24, 2.45) is 0 Å². The average Bonchev–Trinajstić information content (AvgIpc) is 2.74. The Hall–Kier alpha value is -3.80. The van der Waals surface area contributed by atoms with Gasteiger partial charge in [0.05, 0.1) is 17.4 Å². The molecule has 0 unspecified atom stereocenters. The highest BCUT2D eigenvalue weighted by Crippen LogP contribution is 2.41. The number of amides is 2. The lowest BCUT2D eigenvalue weighted by Gasteiger charge is -2.40. The van der Waals surface area contributed by atoms with Gasteiger partial charge in [0, 0.05) is 31.3 Å². The number of para-hydroxylation sites is 2. The molecule has 1 heterocycles. The average molecular weight is 429 g/mol. The quantitative estimate of drug-likeness (QED) is 0.499. The van der Waals surface area contributed by atoms with Crippen molar-refractivity contribution in [1.29, 1.82) is 0 Å². The summed E-state index contributed by atoms with van der Waals surface area (Å²) in [7, 11) is 0. The minimum atomic E-state index is -0.108. The zero-order chi connectivity index (χ0) is 22.8. The van der Waals surface area contributed by atoms with Crippen LogP contribution in [0.25, 0.3) is 11.1 Å². The van der Waals surface area contributed by atoms with E-state index in [2.05, 4.69) is 23.6 Å². The van der Waals surface area contributed by atoms with Crippen LogP contribution >= 0.6 is 0 Å². The summed E-state index contributed by atoms with van der Waals surface area (Å²) in [5.74, 6) is -0.0831. The number of rotatable bonds is 4. The van der Waals surface area contributed by atoms with Crippen molar-refractivity contribution < 1.29 is 9.59 Å². The van der Waals surface area contributed by atoms with Gasteiger partial charge in [-0.25, -0.2) is 0 Å². The number of nitrogens with two attached hydrogens (primary N) is 1. The summed E-state index contributed by atoms with van der Waals surface area (Å²) in [6.07, 6.45) is 0.760. The van der Waals surface area contributed by atoms with Gasteiger partial charge >= 0.3 is 0 Å². The van der Waals surface area contributed by atoms with Crippen molar-refractivity contribution >= 4 is 34.6 Å². The molecule has 4 N–H and O–H groups in total. The Morgan fingerprint density at radius 3 is 2.44 bits per heavy atom. The van der Waals surface area contributed by atoms with Gasteiger partial charge in [-0.3, -0.25) is 9.59 Å². The molecule has 0 radical (unpaired) electrons. The number of nitrogens with zero attached hydrogens (tertiary/aromatic N) is 1. The Kier molecular flexibility index (Phi) is 5.86. The van der Waals surface area contributed by atoms with E-state index in [0.29, 0.717) is 5.69 Å². The molecule has 1 aliphatic heterocycles. The molecule has 0 bridgehead atoms. The van der Waals surface area contributed by atoms with Crippen LogP contribution in [0.15, 0.2) is 66.7 Å². The van der Waals surface area contributed by atoms with Crippen LogP contribution < -0.4 is 21.3 Å². The Morgan fingerprint density at radius 2 is 1.72 bits per heavy atom. The standard InChI is InChI=1S/C26H28N4O2/c1-16-13-25(29-24-10-5-4-9-23(24)27)22-15-20(11-12-26(22)30(16)18(3)32)19-7-6-8-21(14-19)28-17(2)31/h4-12,14-16,25,29H,13,27H2,1-3H3,(H,28,31)/t16-,25+/m0/s1. The topological polar surface area (TPSA) is 87.5 Å². The van der Waals surface area contributed by atoms with E-state index >= 15 is 0 Å². The smallest absolute Gasteiger partial charge is 0.224 e. The van der Waals surface area contributed by atoms with Crippen molar-refractivity contribution in [1.82, 2.24) is 0 Å². The molecule has 0 aliphatic carbocycles. The van der Waals surface area contributed by atoms with E-state index in [1.807, 2.05) is 65.6 Å². The van der Waals surface area contributed by atoms with Crippen LogP contribution in [0.5, 0.6) is 0 Å². The zero-order valence-corrected chi connectivity index (χ0v) is 18.6. The summed E-state index contributed by atoms with van der Waals surface area (Å²) >= 11 is 0. The van der Waals surface area contributed by atoms with Crippen LogP contribution in [0.2, 0.25) is 0 Å². The number of anilines is 4. The molecule has 0 fully saturated rings.